The van der Waals surface area contributed by atoms with Crippen LogP contribution in [0.1, 0.15) is 26.5 Å². The molecule has 0 spiro atoms. The zero-order chi connectivity index (χ0) is 18.9. The summed E-state index contributed by atoms with van der Waals surface area (Å²) in [6.45, 7) is 5.42. The molecule has 1 N–H and O–H groups in total. The molecule has 0 unspecified atom stereocenters. The van der Waals surface area contributed by atoms with E-state index in [2.05, 4.69) is 9.71 Å². The van der Waals surface area contributed by atoms with E-state index < -0.39 is 15.9 Å². The Bertz CT molecular complexity index is 1070. The third-order valence-corrected chi connectivity index (χ3v) is 6.57. The number of benzene rings is 2. The van der Waals surface area contributed by atoms with E-state index in [1.54, 1.807) is 19.1 Å². The van der Waals surface area contributed by atoms with Crippen LogP contribution in [0.25, 0.3) is 10.6 Å². The number of carbonyl (C=O) groups is 1. The maximum atomic E-state index is 12.5. The molecule has 1 aromatic heterocycles. The van der Waals surface area contributed by atoms with E-state index in [0.29, 0.717) is 10.7 Å². The predicted octanol–water partition coefficient (Wildman–Crippen LogP) is 3.85. The van der Waals surface area contributed by atoms with Gasteiger partial charge in [0.15, 0.2) is 0 Å². The molecule has 0 aliphatic heterocycles. The van der Waals surface area contributed by atoms with Gasteiger partial charge in [-0.3, -0.25) is 4.79 Å². The largest absolute Gasteiger partial charge is 0.277 e. The number of aromatic nitrogens is 1. The van der Waals surface area contributed by atoms with Crippen molar-refractivity contribution in [3.8, 4) is 10.6 Å². The topological polar surface area (TPSA) is 76.1 Å². The highest BCUT2D eigenvalue weighted by Gasteiger charge is 2.23. The highest BCUT2D eigenvalue weighted by atomic mass is 32.2. The van der Waals surface area contributed by atoms with Gasteiger partial charge in [0.05, 0.1) is 10.6 Å². The van der Waals surface area contributed by atoms with Gasteiger partial charge in [0.2, 0.25) is 0 Å². The summed E-state index contributed by atoms with van der Waals surface area (Å²) in [5.41, 5.74) is 3.22. The molecule has 0 saturated carbocycles. The number of nitrogens with one attached hydrogen (secondary N) is 1. The van der Waals surface area contributed by atoms with Crippen LogP contribution in [-0.2, 0) is 10.0 Å². The van der Waals surface area contributed by atoms with Crippen LogP contribution in [0.3, 0.4) is 0 Å². The van der Waals surface area contributed by atoms with Gasteiger partial charge >= 0.3 is 0 Å². The average molecular weight is 386 g/mol. The van der Waals surface area contributed by atoms with Gasteiger partial charge < -0.3 is 0 Å². The van der Waals surface area contributed by atoms with E-state index in [1.807, 2.05) is 44.2 Å². The number of rotatable bonds is 4. The fourth-order valence-electron chi connectivity index (χ4n) is 2.42. The van der Waals surface area contributed by atoms with Crippen LogP contribution >= 0.6 is 11.3 Å². The molecule has 0 fully saturated rings. The van der Waals surface area contributed by atoms with Gasteiger partial charge in [0.1, 0.15) is 9.88 Å². The number of nitrogens with zero attached hydrogens (tertiary/aromatic N) is 1. The molecule has 3 rings (SSSR count). The first-order valence-electron chi connectivity index (χ1n) is 7.95. The van der Waals surface area contributed by atoms with E-state index in [-0.39, 0.29) is 9.77 Å². The van der Waals surface area contributed by atoms with Crippen molar-refractivity contribution in [2.75, 3.05) is 0 Å². The number of amides is 1. The van der Waals surface area contributed by atoms with E-state index in [9.17, 15) is 13.2 Å². The summed E-state index contributed by atoms with van der Waals surface area (Å²) in [5, 5.41) is 0.678. The minimum Gasteiger partial charge on any atom is -0.267 e. The number of carbonyl (C=O) groups excluding carboxylic acids is 1. The van der Waals surface area contributed by atoms with E-state index in [1.165, 1.54) is 17.4 Å². The number of thiazole rings is 1. The molecule has 0 atom stereocenters. The summed E-state index contributed by atoms with van der Waals surface area (Å²) in [7, 11) is -3.94. The molecule has 1 heterocycles. The molecule has 0 bridgehead atoms. The summed E-state index contributed by atoms with van der Waals surface area (Å²) < 4.78 is 27.2. The third kappa shape index (κ3) is 3.68. The first kappa shape index (κ1) is 18.3. The molecular formula is C19H18N2O3S2. The monoisotopic (exact) mass is 386 g/mol. The van der Waals surface area contributed by atoms with Gasteiger partial charge in [0.25, 0.3) is 15.9 Å². The molecule has 0 aliphatic carbocycles. The van der Waals surface area contributed by atoms with E-state index >= 15 is 0 Å². The molecule has 0 radical (unpaired) electrons. The molecule has 3 aromatic rings. The SMILES string of the molecule is Cc1ccc(S(=O)(=O)NC(=O)c2sc(-c3ccccc3)nc2C)cc1C. The standard InChI is InChI=1S/C19H18N2O3S2/c1-12-9-10-16(11-13(12)2)26(23,24)21-18(22)17-14(3)20-19(25-17)15-7-5-4-6-8-15/h4-11H,1-3H3,(H,21,22). The molecular weight excluding hydrogens is 368 g/mol. The van der Waals surface area contributed by atoms with Gasteiger partial charge in [-0.05, 0) is 44.0 Å². The Morgan fingerprint density at radius 1 is 1.00 bits per heavy atom. The maximum absolute atomic E-state index is 12.5. The second-order valence-electron chi connectivity index (χ2n) is 5.98. The lowest BCUT2D eigenvalue weighted by atomic mass is 10.1. The number of hydrogen-bond donors (Lipinski definition) is 1. The minimum atomic E-state index is -3.94. The molecule has 5 nitrogen and oxygen atoms in total. The predicted molar refractivity (Wildman–Crippen MR) is 103 cm³/mol. The minimum absolute atomic E-state index is 0.0689. The van der Waals surface area contributed by atoms with Crippen LogP contribution in [0.4, 0.5) is 0 Å². The normalized spacial score (nSPS) is 11.3. The number of aryl methyl sites for hydroxylation is 3. The van der Waals surface area contributed by atoms with Crippen molar-refractivity contribution in [1.82, 2.24) is 9.71 Å². The van der Waals surface area contributed by atoms with Crippen molar-refractivity contribution in [2.24, 2.45) is 0 Å². The Morgan fingerprint density at radius 2 is 1.69 bits per heavy atom. The molecule has 0 aliphatic rings. The molecule has 26 heavy (non-hydrogen) atoms. The molecule has 134 valence electrons. The first-order chi connectivity index (χ1) is 12.3. The fourth-order valence-corrected chi connectivity index (χ4v) is 4.49. The van der Waals surface area contributed by atoms with Gasteiger partial charge in [0, 0.05) is 5.56 Å². The van der Waals surface area contributed by atoms with Crippen molar-refractivity contribution in [2.45, 2.75) is 25.7 Å². The highest BCUT2D eigenvalue weighted by Crippen LogP contribution is 2.28. The highest BCUT2D eigenvalue weighted by molar-refractivity contribution is 7.90. The fraction of sp³-hybridized carbons (Fsp3) is 0.158. The van der Waals surface area contributed by atoms with Gasteiger partial charge in [-0.2, -0.15) is 0 Å². The van der Waals surface area contributed by atoms with Gasteiger partial charge in [-0.25, -0.2) is 18.1 Å². The third-order valence-electron chi connectivity index (χ3n) is 4.04. The average Bonchev–Trinajstić information content (AvgIpc) is 2.99. The quantitative estimate of drug-likeness (QED) is 0.739. The van der Waals surface area contributed by atoms with Crippen LogP contribution in [-0.4, -0.2) is 19.3 Å². The smallest absolute Gasteiger partial charge is 0.267 e. The number of hydrogen-bond acceptors (Lipinski definition) is 5. The van der Waals surface area contributed by atoms with Crippen molar-refractivity contribution in [3.63, 3.8) is 0 Å². The molecule has 1 amide bonds. The summed E-state index contributed by atoms with van der Waals surface area (Å²) in [4.78, 5) is 17.3. The Labute approximate surface area is 156 Å². The second kappa shape index (κ2) is 7.01. The number of sulfonamides is 1. The van der Waals surface area contributed by atoms with Crippen molar-refractivity contribution in [1.29, 1.82) is 0 Å². The molecule has 2 aromatic carbocycles. The van der Waals surface area contributed by atoms with Crippen LogP contribution in [0.5, 0.6) is 0 Å². The molecule has 7 heteroatoms. The van der Waals surface area contributed by atoms with Crippen LogP contribution in [0.15, 0.2) is 53.4 Å². The van der Waals surface area contributed by atoms with Crippen molar-refractivity contribution < 1.29 is 13.2 Å². The zero-order valence-electron chi connectivity index (χ0n) is 14.6. The lowest BCUT2D eigenvalue weighted by Gasteiger charge is -2.08. The van der Waals surface area contributed by atoms with Gasteiger partial charge in [-0.15, -0.1) is 11.3 Å². The van der Waals surface area contributed by atoms with Crippen LogP contribution in [0.2, 0.25) is 0 Å². The summed E-state index contributed by atoms with van der Waals surface area (Å²) in [6.07, 6.45) is 0. The Balaban J connectivity index is 1.88. The summed E-state index contributed by atoms with van der Waals surface area (Å²) in [5.74, 6) is -0.666. The summed E-state index contributed by atoms with van der Waals surface area (Å²) in [6, 6.07) is 14.2. The van der Waals surface area contributed by atoms with E-state index in [4.69, 9.17) is 0 Å². The van der Waals surface area contributed by atoms with Crippen LogP contribution in [0, 0.1) is 20.8 Å². The lowest BCUT2D eigenvalue weighted by molar-refractivity contribution is 0.0984. The lowest BCUT2D eigenvalue weighted by Crippen LogP contribution is -2.30. The maximum Gasteiger partial charge on any atom is 0.277 e. The zero-order valence-corrected chi connectivity index (χ0v) is 16.2. The van der Waals surface area contributed by atoms with Crippen molar-refractivity contribution >= 4 is 27.3 Å². The van der Waals surface area contributed by atoms with Gasteiger partial charge in [-0.1, -0.05) is 36.4 Å². The summed E-state index contributed by atoms with van der Waals surface area (Å²) >= 11 is 1.17. The first-order valence-corrected chi connectivity index (χ1v) is 10.2. The Kier molecular flexibility index (Phi) is 4.93. The Morgan fingerprint density at radius 3 is 2.35 bits per heavy atom. The van der Waals surface area contributed by atoms with Crippen molar-refractivity contribution in [3.05, 3.63) is 70.2 Å². The van der Waals surface area contributed by atoms with Crippen LogP contribution < -0.4 is 4.72 Å². The second-order valence-corrected chi connectivity index (χ2v) is 8.66. The Hall–Kier alpha value is -2.51. The molecule has 0 saturated heterocycles. The van der Waals surface area contributed by atoms with E-state index in [0.717, 1.165) is 16.7 Å².